The third-order valence-electron chi connectivity index (χ3n) is 5.35. The van der Waals surface area contributed by atoms with Crippen LogP contribution >= 0.6 is 0 Å². The van der Waals surface area contributed by atoms with Crippen molar-refractivity contribution in [1.29, 1.82) is 5.26 Å². The molecule has 0 unspecified atom stereocenters. The highest BCUT2D eigenvalue weighted by Gasteiger charge is 2.25. The molecule has 29 heavy (non-hydrogen) atoms. The number of amides is 1. The van der Waals surface area contributed by atoms with E-state index in [1.807, 2.05) is 36.4 Å². The zero-order valence-electron chi connectivity index (χ0n) is 16.8. The van der Waals surface area contributed by atoms with E-state index in [0.29, 0.717) is 25.6 Å². The van der Waals surface area contributed by atoms with E-state index in [1.54, 1.807) is 12.0 Å². The van der Waals surface area contributed by atoms with Crippen LogP contribution < -0.4 is 10.1 Å². The number of rotatable bonds is 7. The SMILES string of the molecule is COc1ccccc1CN/C=C(/C#N)C(=O)N1CCC(Cc2ccccc2)CC1. The van der Waals surface area contributed by atoms with Crippen molar-refractivity contribution in [3.8, 4) is 11.8 Å². The Morgan fingerprint density at radius 2 is 1.86 bits per heavy atom. The van der Waals surface area contributed by atoms with E-state index in [9.17, 15) is 10.1 Å². The maximum atomic E-state index is 12.7. The molecule has 1 amide bonds. The quantitative estimate of drug-likeness (QED) is 0.580. The van der Waals surface area contributed by atoms with Gasteiger partial charge in [-0.05, 0) is 36.8 Å². The van der Waals surface area contributed by atoms with Crippen LogP contribution in [-0.2, 0) is 17.8 Å². The number of nitrogens with zero attached hydrogens (tertiary/aromatic N) is 2. The fourth-order valence-corrected chi connectivity index (χ4v) is 3.71. The van der Waals surface area contributed by atoms with Gasteiger partial charge in [0, 0.05) is 31.4 Å². The van der Waals surface area contributed by atoms with Crippen molar-refractivity contribution in [1.82, 2.24) is 10.2 Å². The summed E-state index contributed by atoms with van der Waals surface area (Å²) in [6.45, 7) is 1.88. The van der Waals surface area contributed by atoms with E-state index in [-0.39, 0.29) is 11.5 Å². The summed E-state index contributed by atoms with van der Waals surface area (Å²) in [6, 6.07) is 20.2. The predicted molar refractivity (Wildman–Crippen MR) is 113 cm³/mol. The van der Waals surface area contributed by atoms with Crippen LogP contribution in [0.25, 0.3) is 0 Å². The zero-order valence-corrected chi connectivity index (χ0v) is 16.8. The van der Waals surface area contributed by atoms with Gasteiger partial charge >= 0.3 is 0 Å². The van der Waals surface area contributed by atoms with Crippen molar-refractivity contribution < 1.29 is 9.53 Å². The first-order chi connectivity index (χ1) is 14.2. The fraction of sp³-hybridized carbons (Fsp3) is 0.333. The third-order valence-corrected chi connectivity index (χ3v) is 5.35. The van der Waals surface area contributed by atoms with Crippen molar-refractivity contribution in [2.24, 2.45) is 5.92 Å². The molecule has 3 rings (SSSR count). The smallest absolute Gasteiger partial charge is 0.265 e. The van der Waals surface area contributed by atoms with Crippen LogP contribution in [0.3, 0.4) is 0 Å². The summed E-state index contributed by atoms with van der Waals surface area (Å²) < 4.78 is 5.32. The van der Waals surface area contributed by atoms with Crippen LogP contribution in [0, 0.1) is 17.2 Å². The molecule has 5 nitrogen and oxygen atoms in total. The minimum Gasteiger partial charge on any atom is -0.496 e. The Kier molecular flexibility index (Phi) is 7.29. The molecule has 0 radical (unpaired) electrons. The lowest BCUT2D eigenvalue weighted by molar-refractivity contribution is -0.128. The Hall–Kier alpha value is -3.26. The number of para-hydroxylation sites is 1. The van der Waals surface area contributed by atoms with Crippen LogP contribution in [0.15, 0.2) is 66.4 Å². The van der Waals surface area contributed by atoms with E-state index < -0.39 is 0 Å². The molecule has 1 aliphatic rings. The maximum Gasteiger partial charge on any atom is 0.265 e. The predicted octanol–water partition coefficient (Wildman–Crippen LogP) is 3.67. The van der Waals surface area contributed by atoms with E-state index >= 15 is 0 Å². The summed E-state index contributed by atoms with van der Waals surface area (Å²) in [7, 11) is 1.63. The number of hydrogen-bond donors (Lipinski definition) is 1. The van der Waals surface area contributed by atoms with Crippen LogP contribution in [-0.4, -0.2) is 31.0 Å². The van der Waals surface area contributed by atoms with Crippen LogP contribution in [0.2, 0.25) is 0 Å². The second kappa shape index (κ2) is 10.3. The van der Waals surface area contributed by atoms with Gasteiger partial charge in [-0.15, -0.1) is 0 Å². The molecule has 0 bridgehead atoms. The number of ether oxygens (including phenoxy) is 1. The normalized spacial score (nSPS) is 14.9. The topological polar surface area (TPSA) is 65.4 Å². The van der Waals surface area contributed by atoms with Gasteiger partial charge in [-0.3, -0.25) is 4.79 Å². The van der Waals surface area contributed by atoms with Gasteiger partial charge < -0.3 is 15.0 Å². The van der Waals surface area contributed by atoms with Gasteiger partial charge in [0.2, 0.25) is 0 Å². The molecule has 0 spiro atoms. The largest absolute Gasteiger partial charge is 0.496 e. The lowest BCUT2D eigenvalue weighted by atomic mass is 9.90. The van der Waals surface area contributed by atoms with Gasteiger partial charge in [0.05, 0.1) is 7.11 Å². The van der Waals surface area contributed by atoms with Gasteiger partial charge in [-0.25, -0.2) is 0 Å². The first-order valence-corrected chi connectivity index (χ1v) is 10.00. The molecular formula is C24H27N3O2. The van der Waals surface area contributed by atoms with Crippen molar-refractivity contribution in [3.05, 3.63) is 77.5 Å². The van der Waals surface area contributed by atoms with Gasteiger partial charge in [-0.1, -0.05) is 48.5 Å². The monoisotopic (exact) mass is 389 g/mol. The van der Waals surface area contributed by atoms with Gasteiger partial charge in [-0.2, -0.15) is 5.26 Å². The number of methoxy groups -OCH3 is 1. The second-order valence-electron chi connectivity index (χ2n) is 7.29. The average molecular weight is 389 g/mol. The Balaban J connectivity index is 1.52. The molecule has 0 aliphatic carbocycles. The first-order valence-electron chi connectivity index (χ1n) is 10.00. The molecule has 0 saturated carbocycles. The Bertz CT molecular complexity index is 878. The number of likely N-dealkylation sites (tertiary alicyclic amines) is 1. The molecule has 1 heterocycles. The number of hydrogen-bond acceptors (Lipinski definition) is 4. The standard InChI is InChI=1S/C24H27N3O2/c1-29-23-10-6-5-9-21(23)17-26-18-22(16-25)24(28)27-13-11-20(12-14-27)15-19-7-3-2-4-8-19/h2-10,18,20,26H,11-15,17H2,1H3/b22-18-. The summed E-state index contributed by atoms with van der Waals surface area (Å²) in [5.41, 5.74) is 2.45. The number of carbonyl (C=O) groups is 1. The summed E-state index contributed by atoms with van der Waals surface area (Å²) in [6.07, 6.45) is 4.50. The molecule has 1 N–H and O–H groups in total. The lowest BCUT2D eigenvalue weighted by Crippen LogP contribution is -2.39. The van der Waals surface area contributed by atoms with E-state index in [2.05, 4.69) is 29.6 Å². The molecule has 2 aromatic carbocycles. The van der Waals surface area contributed by atoms with E-state index in [1.165, 1.54) is 11.8 Å². The van der Waals surface area contributed by atoms with Crippen molar-refractivity contribution in [2.75, 3.05) is 20.2 Å². The van der Waals surface area contributed by atoms with Crippen molar-refractivity contribution in [3.63, 3.8) is 0 Å². The molecule has 1 aliphatic heterocycles. The zero-order chi connectivity index (χ0) is 20.5. The molecule has 0 aromatic heterocycles. The molecule has 150 valence electrons. The first kappa shape index (κ1) is 20.5. The van der Waals surface area contributed by atoms with Crippen LogP contribution in [0.4, 0.5) is 0 Å². The Morgan fingerprint density at radius 1 is 1.17 bits per heavy atom. The highest BCUT2D eigenvalue weighted by Crippen LogP contribution is 2.22. The number of piperidine rings is 1. The summed E-state index contributed by atoms with van der Waals surface area (Å²) in [4.78, 5) is 14.5. The molecule has 1 fully saturated rings. The number of nitriles is 1. The van der Waals surface area contributed by atoms with Gasteiger partial charge in [0.1, 0.15) is 17.4 Å². The number of nitrogens with one attached hydrogen (secondary N) is 1. The van der Waals surface area contributed by atoms with Crippen LogP contribution in [0.1, 0.15) is 24.0 Å². The van der Waals surface area contributed by atoms with Crippen LogP contribution in [0.5, 0.6) is 5.75 Å². The average Bonchev–Trinajstić information content (AvgIpc) is 2.78. The molecular weight excluding hydrogens is 362 g/mol. The summed E-state index contributed by atoms with van der Waals surface area (Å²) >= 11 is 0. The number of carbonyl (C=O) groups excluding carboxylic acids is 1. The van der Waals surface area contributed by atoms with Gasteiger partial charge in [0.15, 0.2) is 0 Å². The lowest BCUT2D eigenvalue weighted by Gasteiger charge is -2.32. The number of benzene rings is 2. The Labute approximate surface area is 172 Å². The highest BCUT2D eigenvalue weighted by molar-refractivity contribution is 5.97. The van der Waals surface area contributed by atoms with Gasteiger partial charge in [0.25, 0.3) is 5.91 Å². The molecule has 0 atom stereocenters. The maximum absolute atomic E-state index is 12.7. The highest BCUT2D eigenvalue weighted by atomic mass is 16.5. The molecule has 1 saturated heterocycles. The molecule has 5 heteroatoms. The Morgan fingerprint density at radius 3 is 2.55 bits per heavy atom. The summed E-state index contributed by atoms with van der Waals surface area (Å²) in [5, 5.41) is 12.5. The van der Waals surface area contributed by atoms with E-state index in [4.69, 9.17) is 4.74 Å². The van der Waals surface area contributed by atoms with Crippen molar-refractivity contribution in [2.45, 2.75) is 25.8 Å². The van der Waals surface area contributed by atoms with E-state index in [0.717, 1.165) is 30.6 Å². The second-order valence-corrected chi connectivity index (χ2v) is 7.29. The fourth-order valence-electron chi connectivity index (χ4n) is 3.71. The third kappa shape index (κ3) is 5.61. The minimum absolute atomic E-state index is 0.140. The van der Waals surface area contributed by atoms with Crippen molar-refractivity contribution >= 4 is 5.91 Å². The summed E-state index contributed by atoms with van der Waals surface area (Å²) in [5.74, 6) is 1.16. The molecule has 2 aromatic rings. The minimum atomic E-state index is -0.196.